The first kappa shape index (κ1) is 16.9. The molecule has 124 valence electrons. The molecule has 0 unspecified atom stereocenters. The number of nitrogens with zero attached hydrogens (tertiary/aromatic N) is 2. The largest absolute Gasteiger partial charge is 0.319 e. The second-order valence-electron chi connectivity index (χ2n) is 5.27. The predicted molar refractivity (Wildman–Crippen MR) is 95.3 cm³/mol. The molecule has 2 aromatic carbocycles. The van der Waals surface area contributed by atoms with Crippen molar-refractivity contribution in [1.29, 1.82) is 0 Å². The van der Waals surface area contributed by atoms with Crippen molar-refractivity contribution in [3.05, 3.63) is 57.9 Å². The molecular formula is C16H13ClN2O3S2. The van der Waals surface area contributed by atoms with Gasteiger partial charge in [0.15, 0.2) is 14.6 Å². The number of fused-ring (bicyclic) bond motifs is 1. The van der Waals surface area contributed by atoms with Gasteiger partial charge in [0.25, 0.3) is 5.91 Å². The highest BCUT2D eigenvalue weighted by Crippen LogP contribution is 2.21. The average molecular weight is 381 g/mol. The van der Waals surface area contributed by atoms with Gasteiger partial charge in [0.1, 0.15) is 0 Å². The number of aryl methyl sites for hydroxylation is 1. The lowest BCUT2D eigenvalue weighted by atomic mass is 10.2. The summed E-state index contributed by atoms with van der Waals surface area (Å²) >= 11 is 7.35. The quantitative estimate of drug-likeness (QED) is 0.686. The van der Waals surface area contributed by atoms with Crippen molar-refractivity contribution in [2.45, 2.75) is 4.90 Å². The van der Waals surface area contributed by atoms with Crippen molar-refractivity contribution < 1.29 is 13.2 Å². The molecule has 0 aliphatic rings. The van der Waals surface area contributed by atoms with Crippen LogP contribution in [0.5, 0.6) is 0 Å². The van der Waals surface area contributed by atoms with E-state index in [0.717, 1.165) is 16.5 Å². The monoisotopic (exact) mass is 380 g/mol. The minimum atomic E-state index is -3.29. The van der Waals surface area contributed by atoms with Crippen LogP contribution >= 0.6 is 22.9 Å². The van der Waals surface area contributed by atoms with Crippen LogP contribution in [0.15, 0.2) is 52.4 Å². The van der Waals surface area contributed by atoms with Crippen molar-refractivity contribution in [1.82, 2.24) is 4.57 Å². The zero-order valence-corrected chi connectivity index (χ0v) is 15.2. The van der Waals surface area contributed by atoms with E-state index in [4.69, 9.17) is 11.6 Å². The Balaban J connectivity index is 2.02. The maximum Gasteiger partial charge on any atom is 0.279 e. The first-order chi connectivity index (χ1) is 11.3. The summed E-state index contributed by atoms with van der Waals surface area (Å²) in [7, 11) is -1.46. The summed E-state index contributed by atoms with van der Waals surface area (Å²) in [4.78, 5) is 17.2. The highest BCUT2D eigenvalue weighted by molar-refractivity contribution is 7.90. The van der Waals surface area contributed by atoms with Gasteiger partial charge in [-0.05, 0) is 42.5 Å². The van der Waals surface area contributed by atoms with Crippen molar-refractivity contribution in [3.8, 4) is 0 Å². The van der Waals surface area contributed by atoms with E-state index >= 15 is 0 Å². The molecule has 0 spiro atoms. The molecule has 1 heterocycles. The number of amides is 1. The number of carbonyl (C=O) groups excluding carboxylic acids is 1. The molecule has 0 aliphatic carbocycles. The summed E-state index contributed by atoms with van der Waals surface area (Å²) in [6.45, 7) is 0. The summed E-state index contributed by atoms with van der Waals surface area (Å²) in [5.41, 5.74) is 1.27. The van der Waals surface area contributed by atoms with Crippen LogP contribution in [0.1, 0.15) is 10.4 Å². The van der Waals surface area contributed by atoms with Crippen LogP contribution in [-0.2, 0) is 16.9 Å². The smallest absolute Gasteiger partial charge is 0.279 e. The second-order valence-corrected chi connectivity index (χ2v) is 8.73. The Labute approximate surface area is 147 Å². The number of carbonyl (C=O) groups is 1. The molecule has 1 amide bonds. The van der Waals surface area contributed by atoms with Gasteiger partial charge < -0.3 is 4.57 Å². The summed E-state index contributed by atoms with van der Waals surface area (Å²) in [5, 5.41) is 0.624. The number of benzene rings is 2. The fourth-order valence-corrected chi connectivity index (χ4v) is 4.13. The van der Waals surface area contributed by atoms with E-state index in [1.54, 1.807) is 6.07 Å². The van der Waals surface area contributed by atoms with Crippen LogP contribution in [-0.4, -0.2) is 25.1 Å². The number of halogens is 1. The minimum Gasteiger partial charge on any atom is -0.319 e. The van der Waals surface area contributed by atoms with E-state index in [1.807, 2.05) is 23.7 Å². The van der Waals surface area contributed by atoms with Gasteiger partial charge in [-0.1, -0.05) is 22.9 Å². The van der Waals surface area contributed by atoms with Gasteiger partial charge in [-0.25, -0.2) is 8.42 Å². The molecule has 24 heavy (non-hydrogen) atoms. The van der Waals surface area contributed by atoms with E-state index in [2.05, 4.69) is 4.99 Å². The van der Waals surface area contributed by atoms with Gasteiger partial charge in [-0.2, -0.15) is 4.99 Å². The summed E-state index contributed by atoms with van der Waals surface area (Å²) in [6.07, 6.45) is 1.12. The average Bonchev–Trinajstić information content (AvgIpc) is 2.82. The molecule has 0 radical (unpaired) electrons. The third-order valence-electron chi connectivity index (χ3n) is 3.50. The molecule has 0 aliphatic heterocycles. The molecule has 0 atom stereocenters. The summed E-state index contributed by atoms with van der Waals surface area (Å²) in [6, 6.07) is 11.2. The first-order valence-corrected chi connectivity index (χ1v) is 9.98. The number of rotatable bonds is 2. The maximum absolute atomic E-state index is 12.3. The van der Waals surface area contributed by atoms with E-state index in [9.17, 15) is 13.2 Å². The molecular weight excluding hydrogens is 368 g/mol. The van der Waals surface area contributed by atoms with Crippen molar-refractivity contribution >= 4 is 48.9 Å². The Morgan fingerprint density at radius 3 is 2.46 bits per heavy atom. The van der Waals surface area contributed by atoms with Crippen LogP contribution in [0.25, 0.3) is 10.2 Å². The van der Waals surface area contributed by atoms with Gasteiger partial charge in [0, 0.05) is 23.9 Å². The van der Waals surface area contributed by atoms with Crippen LogP contribution in [0, 0.1) is 0 Å². The van der Waals surface area contributed by atoms with E-state index in [1.165, 1.54) is 35.6 Å². The van der Waals surface area contributed by atoms with Crippen LogP contribution in [0.4, 0.5) is 0 Å². The molecule has 0 bridgehead atoms. The predicted octanol–water partition coefficient (Wildman–Crippen LogP) is 3.04. The van der Waals surface area contributed by atoms with E-state index < -0.39 is 15.7 Å². The lowest BCUT2D eigenvalue weighted by Gasteiger charge is -1.99. The van der Waals surface area contributed by atoms with Crippen LogP contribution in [0.3, 0.4) is 0 Å². The Hall–Kier alpha value is -1.96. The van der Waals surface area contributed by atoms with Gasteiger partial charge in [-0.3, -0.25) is 4.79 Å². The van der Waals surface area contributed by atoms with E-state index in [0.29, 0.717) is 15.4 Å². The first-order valence-electron chi connectivity index (χ1n) is 6.90. The highest BCUT2D eigenvalue weighted by atomic mass is 35.5. The molecule has 0 fully saturated rings. The minimum absolute atomic E-state index is 0.168. The van der Waals surface area contributed by atoms with Gasteiger partial charge in [0.2, 0.25) is 0 Å². The number of hydrogen-bond acceptors (Lipinski definition) is 4. The Morgan fingerprint density at radius 2 is 1.83 bits per heavy atom. The lowest BCUT2D eigenvalue weighted by Crippen LogP contribution is -2.13. The fourth-order valence-electron chi connectivity index (χ4n) is 2.21. The second kappa shape index (κ2) is 6.16. The Kier molecular flexibility index (Phi) is 4.33. The van der Waals surface area contributed by atoms with Crippen molar-refractivity contribution in [2.24, 2.45) is 12.0 Å². The fraction of sp³-hybridized carbons (Fsp3) is 0.125. The maximum atomic E-state index is 12.3. The number of aromatic nitrogens is 1. The lowest BCUT2D eigenvalue weighted by molar-refractivity contribution is 0.0998. The number of hydrogen-bond donors (Lipinski definition) is 0. The number of thiazole rings is 1. The van der Waals surface area contributed by atoms with Gasteiger partial charge >= 0.3 is 0 Å². The standard InChI is InChI=1S/C16H13ClN2O3S2/c1-19-13-8-5-11(17)9-14(13)23-16(19)18-15(20)10-3-6-12(7-4-10)24(2,21)22/h3-9H,1-2H3. The van der Waals surface area contributed by atoms with Gasteiger partial charge in [0.05, 0.1) is 15.1 Å². The van der Waals surface area contributed by atoms with Crippen LogP contribution < -0.4 is 4.80 Å². The molecule has 0 saturated carbocycles. The van der Waals surface area contributed by atoms with Crippen LogP contribution in [0.2, 0.25) is 5.02 Å². The molecule has 3 rings (SSSR count). The third-order valence-corrected chi connectivity index (χ3v) is 5.96. The van der Waals surface area contributed by atoms with Gasteiger partial charge in [-0.15, -0.1) is 0 Å². The Morgan fingerprint density at radius 1 is 1.17 bits per heavy atom. The Bertz CT molecular complexity index is 1110. The normalized spacial score (nSPS) is 12.7. The number of sulfone groups is 1. The molecule has 0 N–H and O–H groups in total. The summed E-state index contributed by atoms with van der Waals surface area (Å²) < 4.78 is 25.7. The zero-order valence-electron chi connectivity index (χ0n) is 12.9. The van der Waals surface area contributed by atoms with Crippen molar-refractivity contribution in [2.75, 3.05) is 6.26 Å². The topological polar surface area (TPSA) is 68.5 Å². The molecule has 5 nitrogen and oxygen atoms in total. The SMILES string of the molecule is Cn1c(=NC(=O)c2ccc(S(C)(=O)=O)cc2)sc2cc(Cl)ccc21. The molecule has 8 heteroatoms. The van der Waals surface area contributed by atoms with Crippen molar-refractivity contribution in [3.63, 3.8) is 0 Å². The third kappa shape index (κ3) is 3.28. The molecule has 0 saturated heterocycles. The molecule has 1 aromatic heterocycles. The summed E-state index contributed by atoms with van der Waals surface area (Å²) in [5.74, 6) is -0.427. The molecule has 3 aromatic rings. The zero-order chi connectivity index (χ0) is 17.5. The van der Waals surface area contributed by atoms with E-state index in [-0.39, 0.29) is 4.90 Å². The highest BCUT2D eigenvalue weighted by Gasteiger charge is 2.10.